The standard InChI is InChI=1S/C20H26N6/c1-4-20(2,3)26-19(22-23-24-26)16-25(14-17-9-6-5-7-10-17)15-18-11-8-12-21-13-18/h5-13H,4,14-16H2,1-3H3. The van der Waals surface area contributed by atoms with Gasteiger partial charge in [-0.05, 0) is 47.9 Å². The van der Waals surface area contributed by atoms with Gasteiger partial charge < -0.3 is 0 Å². The molecule has 0 N–H and O–H groups in total. The van der Waals surface area contributed by atoms with Crippen LogP contribution in [0.5, 0.6) is 0 Å². The van der Waals surface area contributed by atoms with E-state index in [2.05, 4.69) is 76.5 Å². The van der Waals surface area contributed by atoms with Crippen LogP contribution in [0.3, 0.4) is 0 Å². The van der Waals surface area contributed by atoms with Crippen molar-refractivity contribution in [3.05, 3.63) is 71.8 Å². The maximum Gasteiger partial charge on any atom is 0.165 e. The predicted molar refractivity (Wildman–Crippen MR) is 101 cm³/mol. The Morgan fingerprint density at radius 1 is 0.962 bits per heavy atom. The molecule has 26 heavy (non-hydrogen) atoms. The van der Waals surface area contributed by atoms with E-state index in [0.717, 1.165) is 25.3 Å². The molecule has 0 bridgehead atoms. The number of benzene rings is 1. The number of nitrogens with zero attached hydrogens (tertiary/aromatic N) is 6. The van der Waals surface area contributed by atoms with Gasteiger partial charge in [-0.2, -0.15) is 0 Å². The van der Waals surface area contributed by atoms with E-state index in [1.54, 1.807) is 6.20 Å². The van der Waals surface area contributed by atoms with Crippen LogP contribution >= 0.6 is 0 Å². The zero-order valence-corrected chi connectivity index (χ0v) is 15.7. The van der Waals surface area contributed by atoms with Crippen molar-refractivity contribution < 1.29 is 0 Å². The van der Waals surface area contributed by atoms with Gasteiger partial charge in [0, 0.05) is 25.5 Å². The Labute approximate surface area is 154 Å². The van der Waals surface area contributed by atoms with Crippen LogP contribution < -0.4 is 0 Å². The largest absolute Gasteiger partial charge is 0.287 e. The van der Waals surface area contributed by atoms with Crippen molar-refractivity contribution in [3.8, 4) is 0 Å². The molecule has 0 saturated carbocycles. The number of rotatable bonds is 8. The highest BCUT2D eigenvalue weighted by molar-refractivity contribution is 5.15. The molecule has 2 heterocycles. The van der Waals surface area contributed by atoms with E-state index in [0.29, 0.717) is 6.54 Å². The second-order valence-electron chi connectivity index (χ2n) is 7.16. The zero-order chi connectivity index (χ0) is 18.4. The summed E-state index contributed by atoms with van der Waals surface area (Å²) in [6, 6.07) is 14.6. The molecule has 0 spiro atoms. The molecule has 6 heteroatoms. The molecule has 1 aromatic carbocycles. The summed E-state index contributed by atoms with van der Waals surface area (Å²) in [6.45, 7) is 8.78. The third-order valence-corrected chi connectivity index (χ3v) is 4.72. The quantitative estimate of drug-likeness (QED) is 0.623. The SMILES string of the molecule is CCC(C)(C)n1nnnc1CN(Cc1ccccc1)Cc1cccnc1. The van der Waals surface area contributed by atoms with Crippen molar-refractivity contribution in [2.24, 2.45) is 0 Å². The van der Waals surface area contributed by atoms with Crippen molar-refractivity contribution in [2.45, 2.75) is 52.4 Å². The summed E-state index contributed by atoms with van der Waals surface area (Å²) in [5, 5.41) is 12.5. The van der Waals surface area contributed by atoms with Crippen LogP contribution in [-0.2, 0) is 25.2 Å². The summed E-state index contributed by atoms with van der Waals surface area (Å²) in [7, 11) is 0. The fourth-order valence-corrected chi connectivity index (χ4v) is 2.88. The monoisotopic (exact) mass is 350 g/mol. The first-order valence-electron chi connectivity index (χ1n) is 9.01. The van der Waals surface area contributed by atoms with Gasteiger partial charge in [-0.25, -0.2) is 4.68 Å². The van der Waals surface area contributed by atoms with Crippen LogP contribution in [0.2, 0.25) is 0 Å². The van der Waals surface area contributed by atoms with Crippen LogP contribution in [0.4, 0.5) is 0 Å². The lowest BCUT2D eigenvalue weighted by molar-refractivity contribution is 0.217. The van der Waals surface area contributed by atoms with Gasteiger partial charge in [-0.1, -0.05) is 43.3 Å². The minimum absolute atomic E-state index is 0.106. The molecule has 0 aliphatic rings. The van der Waals surface area contributed by atoms with Gasteiger partial charge in [0.05, 0.1) is 12.1 Å². The first-order valence-corrected chi connectivity index (χ1v) is 9.01. The lowest BCUT2D eigenvalue weighted by atomic mass is 10.0. The fraction of sp³-hybridized carbons (Fsp3) is 0.400. The summed E-state index contributed by atoms with van der Waals surface area (Å²) in [5.41, 5.74) is 2.34. The first-order chi connectivity index (χ1) is 12.6. The second-order valence-corrected chi connectivity index (χ2v) is 7.16. The molecule has 0 aliphatic heterocycles. The highest BCUT2D eigenvalue weighted by Gasteiger charge is 2.24. The van der Waals surface area contributed by atoms with E-state index in [4.69, 9.17) is 0 Å². The third-order valence-electron chi connectivity index (χ3n) is 4.72. The van der Waals surface area contributed by atoms with Gasteiger partial charge in [0.15, 0.2) is 5.82 Å². The van der Waals surface area contributed by atoms with Crippen LogP contribution in [0.25, 0.3) is 0 Å². The first kappa shape index (κ1) is 18.2. The van der Waals surface area contributed by atoms with Crippen LogP contribution in [0.1, 0.15) is 44.1 Å². The molecule has 0 fully saturated rings. The van der Waals surface area contributed by atoms with Crippen LogP contribution in [-0.4, -0.2) is 30.1 Å². The maximum absolute atomic E-state index is 4.30. The number of hydrogen-bond acceptors (Lipinski definition) is 5. The number of aromatic nitrogens is 5. The van der Waals surface area contributed by atoms with E-state index in [-0.39, 0.29) is 5.54 Å². The lowest BCUT2D eigenvalue weighted by Gasteiger charge is -2.27. The Kier molecular flexibility index (Phi) is 5.73. The van der Waals surface area contributed by atoms with Gasteiger partial charge in [-0.3, -0.25) is 9.88 Å². The minimum Gasteiger partial charge on any atom is -0.287 e. The molecular formula is C20H26N6. The molecule has 6 nitrogen and oxygen atoms in total. The van der Waals surface area contributed by atoms with Crippen molar-refractivity contribution >= 4 is 0 Å². The summed E-state index contributed by atoms with van der Waals surface area (Å²) < 4.78 is 1.95. The van der Waals surface area contributed by atoms with E-state index < -0.39 is 0 Å². The molecular weight excluding hydrogens is 324 g/mol. The molecule has 2 aromatic heterocycles. The van der Waals surface area contributed by atoms with Gasteiger partial charge in [0.1, 0.15) is 0 Å². The number of pyridine rings is 1. The number of hydrogen-bond donors (Lipinski definition) is 0. The van der Waals surface area contributed by atoms with Crippen molar-refractivity contribution in [2.75, 3.05) is 0 Å². The Bertz CT molecular complexity index is 756. The van der Waals surface area contributed by atoms with Crippen molar-refractivity contribution in [1.82, 2.24) is 30.1 Å². The van der Waals surface area contributed by atoms with Crippen LogP contribution in [0, 0.1) is 0 Å². The molecule has 3 rings (SSSR count). The smallest absolute Gasteiger partial charge is 0.165 e. The Morgan fingerprint density at radius 2 is 1.69 bits per heavy atom. The summed E-state index contributed by atoms with van der Waals surface area (Å²) in [4.78, 5) is 6.59. The molecule has 0 amide bonds. The van der Waals surface area contributed by atoms with Gasteiger partial charge in [-0.15, -0.1) is 5.10 Å². The highest BCUT2D eigenvalue weighted by atomic mass is 15.6. The Balaban J connectivity index is 1.83. The molecule has 136 valence electrons. The molecule has 3 aromatic rings. The van der Waals surface area contributed by atoms with E-state index in [1.165, 1.54) is 11.1 Å². The Morgan fingerprint density at radius 3 is 2.38 bits per heavy atom. The average Bonchev–Trinajstić information content (AvgIpc) is 3.12. The molecule has 0 unspecified atom stereocenters. The predicted octanol–water partition coefficient (Wildman–Crippen LogP) is 3.42. The fourth-order valence-electron chi connectivity index (χ4n) is 2.88. The highest BCUT2D eigenvalue weighted by Crippen LogP contribution is 2.20. The van der Waals surface area contributed by atoms with Gasteiger partial charge in [0.25, 0.3) is 0 Å². The topological polar surface area (TPSA) is 59.7 Å². The minimum atomic E-state index is -0.106. The Hall–Kier alpha value is -2.60. The van der Waals surface area contributed by atoms with E-state index in [1.807, 2.05) is 23.0 Å². The molecule has 0 aliphatic carbocycles. The van der Waals surface area contributed by atoms with Crippen molar-refractivity contribution in [3.63, 3.8) is 0 Å². The summed E-state index contributed by atoms with van der Waals surface area (Å²) >= 11 is 0. The average molecular weight is 350 g/mol. The normalized spacial score (nSPS) is 11.8. The van der Waals surface area contributed by atoms with E-state index in [9.17, 15) is 0 Å². The number of tetrazole rings is 1. The van der Waals surface area contributed by atoms with Crippen molar-refractivity contribution in [1.29, 1.82) is 0 Å². The lowest BCUT2D eigenvalue weighted by Crippen LogP contribution is -2.32. The molecule has 0 saturated heterocycles. The second kappa shape index (κ2) is 8.19. The van der Waals surface area contributed by atoms with Gasteiger partial charge in [0.2, 0.25) is 0 Å². The molecule has 0 radical (unpaired) electrons. The maximum atomic E-state index is 4.30. The van der Waals surface area contributed by atoms with Gasteiger partial charge >= 0.3 is 0 Å². The summed E-state index contributed by atoms with van der Waals surface area (Å²) in [5.74, 6) is 0.886. The summed E-state index contributed by atoms with van der Waals surface area (Å²) in [6.07, 6.45) is 4.68. The van der Waals surface area contributed by atoms with E-state index >= 15 is 0 Å². The third kappa shape index (κ3) is 4.52. The zero-order valence-electron chi connectivity index (χ0n) is 15.7. The molecule has 0 atom stereocenters. The van der Waals surface area contributed by atoms with Crippen LogP contribution in [0.15, 0.2) is 54.9 Å².